The van der Waals surface area contributed by atoms with Gasteiger partial charge in [-0.15, -0.1) is 0 Å². The number of hydrogen-bond acceptors (Lipinski definition) is 0. The predicted octanol–water partition coefficient (Wildman–Crippen LogP) is 6.44. The zero-order valence-corrected chi connectivity index (χ0v) is 17.6. The molecule has 0 spiro atoms. The third-order valence-electron chi connectivity index (χ3n) is 4.77. The van der Waals surface area contributed by atoms with E-state index in [1.54, 1.807) is 0 Å². The third-order valence-corrected chi connectivity index (χ3v) is 20.3. The molecule has 0 aliphatic rings. The average molecular weight is 457 g/mol. The molecule has 1 aromatic rings. The van der Waals surface area contributed by atoms with Crippen LogP contribution in [0.5, 0.6) is 0 Å². The van der Waals surface area contributed by atoms with Crippen molar-refractivity contribution in [1.82, 2.24) is 0 Å². The van der Waals surface area contributed by atoms with E-state index in [-0.39, 0.29) is 0 Å². The average Bonchev–Trinajstić information content (AvgIpc) is 2.59. The van der Waals surface area contributed by atoms with Gasteiger partial charge < -0.3 is 0 Å². The van der Waals surface area contributed by atoms with Gasteiger partial charge in [0.15, 0.2) is 0 Å². The number of hydrogen-bond donors (Lipinski definition) is 0. The summed E-state index contributed by atoms with van der Waals surface area (Å²) in [5.41, 5.74) is 0. The van der Waals surface area contributed by atoms with Crippen molar-refractivity contribution in [1.29, 1.82) is 0 Å². The van der Waals surface area contributed by atoms with Crippen LogP contribution >= 0.6 is 0 Å². The summed E-state index contributed by atoms with van der Waals surface area (Å²) < 4.78 is 71.5. The Morgan fingerprint density at radius 3 is 1.12 bits per heavy atom. The van der Waals surface area contributed by atoms with Crippen LogP contribution in [0, 0.1) is 29.1 Å². The Bertz CT molecular complexity index is 494. The molecule has 6 heteroatoms. The predicted molar refractivity (Wildman–Crippen MR) is 90.8 cm³/mol. The van der Waals surface area contributed by atoms with Crippen molar-refractivity contribution in [2.75, 3.05) is 0 Å². The molecule has 1 rings (SSSR count). The first-order valence-corrected chi connectivity index (χ1v) is 16.4. The molecule has 0 atom stereocenters. The Morgan fingerprint density at radius 1 is 0.542 bits per heavy atom. The summed E-state index contributed by atoms with van der Waals surface area (Å²) >= 11 is -3.73. The van der Waals surface area contributed by atoms with Gasteiger partial charge >= 0.3 is 146 Å². The zero-order chi connectivity index (χ0) is 18.3. The van der Waals surface area contributed by atoms with Crippen LogP contribution in [0.25, 0.3) is 0 Å². The molecule has 0 bridgehead atoms. The van der Waals surface area contributed by atoms with Crippen LogP contribution in [0.4, 0.5) is 22.0 Å². The summed E-state index contributed by atoms with van der Waals surface area (Å²) in [5.74, 6) is -8.74. The van der Waals surface area contributed by atoms with Gasteiger partial charge in [0.25, 0.3) is 0 Å². The Hall–Kier alpha value is -0.331. The van der Waals surface area contributed by atoms with Gasteiger partial charge in [-0.05, 0) is 0 Å². The minimum atomic E-state index is -3.73. The van der Waals surface area contributed by atoms with Crippen LogP contribution in [-0.2, 0) is 0 Å². The summed E-state index contributed by atoms with van der Waals surface area (Å²) in [5, 5.41) is 0. The van der Waals surface area contributed by atoms with Crippen LogP contribution in [0.3, 0.4) is 0 Å². The van der Waals surface area contributed by atoms with Gasteiger partial charge in [-0.1, -0.05) is 0 Å². The molecule has 1 aromatic carbocycles. The van der Waals surface area contributed by atoms with E-state index in [0.29, 0.717) is 13.3 Å². The first-order chi connectivity index (χ1) is 11.4. The molecule has 0 aliphatic heterocycles. The van der Waals surface area contributed by atoms with Gasteiger partial charge in [0.05, 0.1) is 0 Å². The maximum absolute atomic E-state index is 14.5. The fourth-order valence-corrected chi connectivity index (χ4v) is 19.8. The van der Waals surface area contributed by atoms with E-state index in [9.17, 15) is 22.0 Å². The summed E-state index contributed by atoms with van der Waals surface area (Å²) in [4.78, 5) is 0. The van der Waals surface area contributed by atoms with Gasteiger partial charge in [-0.25, -0.2) is 0 Å². The third kappa shape index (κ3) is 4.64. The van der Waals surface area contributed by atoms with E-state index < -0.39 is 51.0 Å². The zero-order valence-electron chi connectivity index (χ0n) is 14.8. The molecule has 0 saturated heterocycles. The molecular formula is C18H27F5Sn. The maximum atomic E-state index is 14.5. The van der Waals surface area contributed by atoms with E-state index in [1.807, 2.05) is 20.8 Å². The topological polar surface area (TPSA) is 0 Å². The summed E-state index contributed by atoms with van der Waals surface area (Å²) in [6, 6.07) is 0. The van der Waals surface area contributed by atoms with Crippen LogP contribution in [0.15, 0.2) is 0 Å². The van der Waals surface area contributed by atoms with Crippen LogP contribution in [-0.4, -0.2) is 18.4 Å². The van der Waals surface area contributed by atoms with Gasteiger partial charge in [0.2, 0.25) is 0 Å². The summed E-state index contributed by atoms with van der Waals surface area (Å²) in [7, 11) is 0. The summed E-state index contributed by atoms with van der Waals surface area (Å²) in [6.45, 7) is 5.94. The van der Waals surface area contributed by atoms with E-state index in [2.05, 4.69) is 0 Å². The van der Waals surface area contributed by atoms with Crippen molar-refractivity contribution >= 4 is 22.0 Å². The Labute approximate surface area is 145 Å². The quantitative estimate of drug-likeness (QED) is 0.164. The molecule has 0 heterocycles. The van der Waals surface area contributed by atoms with Crippen molar-refractivity contribution in [3.05, 3.63) is 29.1 Å². The van der Waals surface area contributed by atoms with E-state index >= 15 is 0 Å². The molecule has 0 aromatic heterocycles. The molecule has 0 nitrogen and oxygen atoms in total. The van der Waals surface area contributed by atoms with E-state index in [4.69, 9.17) is 0 Å². The van der Waals surface area contributed by atoms with Crippen molar-refractivity contribution in [3.63, 3.8) is 0 Å². The van der Waals surface area contributed by atoms with E-state index in [1.165, 1.54) is 0 Å². The van der Waals surface area contributed by atoms with Gasteiger partial charge in [-0.3, -0.25) is 0 Å². The molecule has 0 aliphatic carbocycles. The number of unbranched alkanes of at least 4 members (excludes halogenated alkanes) is 3. The molecule has 24 heavy (non-hydrogen) atoms. The second-order valence-electron chi connectivity index (χ2n) is 6.54. The number of benzene rings is 1. The van der Waals surface area contributed by atoms with E-state index in [0.717, 1.165) is 38.5 Å². The van der Waals surface area contributed by atoms with Crippen molar-refractivity contribution in [3.8, 4) is 0 Å². The Kier molecular flexibility index (Phi) is 9.02. The molecule has 0 radical (unpaired) electrons. The number of halogens is 5. The molecule has 0 fully saturated rings. The number of rotatable bonds is 10. The normalized spacial score (nSPS) is 12.0. The first-order valence-electron chi connectivity index (χ1n) is 8.88. The monoisotopic (exact) mass is 458 g/mol. The second-order valence-corrected chi connectivity index (χ2v) is 19.6. The fraction of sp³-hybridized carbons (Fsp3) is 0.667. The molecule has 0 amide bonds. The van der Waals surface area contributed by atoms with Gasteiger partial charge in [0.1, 0.15) is 0 Å². The SMILES string of the molecule is CCC[CH2][Sn]([CH2]CCC)([CH2]CCC)[c]1c(F)c(F)c(F)c(F)c1F. The van der Waals surface area contributed by atoms with Crippen LogP contribution in [0.1, 0.15) is 59.3 Å². The molecular weight excluding hydrogens is 430 g/mol. The molecule has 0 saturated carbocycles. The standard InChI is InChI=1S/C6F5.3C4H9.Sn/c7-2-1-3(8)5(10)6(11)4(2)9;3*1-3-4-2;/h;3*1,3-4H2,2H3;. The molecule has 0 unspecified atom stereocenters. The van der Waals surface area contributed by atoms with Crippen molar-refractivity contribution < 1.29 is 22.0 Å². The van der Waals surface area contributed by atoms with Gasteiger partial charge in [-0.2, -0.15) is 0 Å². The Balaban J connectivity index is 3.56. The minimum absolute atomic E-state index is 0.393. The fourth-order valence-electron chi connectivity index (χ4n) is 3.37. The van der Waals surface area contributed by atoms with Crippen LogP contribution in [0.2, 0.25) is 13.3 Å². The van der Waals surface area contributed by atoms with Crippen molar-refractivity contribution in [2.24, 2.45) is 0 Å². The first kappa shape index (κ1) is 21.7. The summed E-state index contributed by atoms with van der Waals surface area (Å²) in [6.07, 6.45) is 4.90. The van der Waals surface area contributed by atoms with Crippen LogP contribution < -0.4 is 3.58 Å². The Morgan fingerprint density at radius 2 is 0.833 bits per heavy atom. The van der Waals surface area contributed by atoms with Crippen molar-refractivity contribution in [2.45, 2.75) is 72.6 Å². The molecule has 138 valence electrons. The second kappa shape index (κ2) is 9.97. The molecule has 0 N–H and O–H groups in total. The van der Waals surface area contributed by atoms with Gasteiger partial charge in [0, 0.05) is 0 Å².